The lowest BCUT2D eigenvalue weighted by Gasteiger charge is -2.14. The minimum atomic E-state index is 0.365. The van der Waals surface area contributed by atoms with Gasteiger partial charge in [-0.1, -0.05) is 19.3 Å². The van der Waals surface area contributed by atoms with E-state index >= 15 is 0 Å². The predicted octanol–water partition coefficient (Wildman–Crippen LogP) is 3.57. The molecule has 3 heteroatoms. The highest BCUT2D eigenvalue weighted by Crippen LogP contribution is 2.15. The van der Waals surface area contributed by atoms with Crippen LogP contribution < -0.4 is 0 Å². The molecule has 0 N–H and O–H groups in total. The summed E-state index contributed by atoms with van der Waals surface area (Å²) in [6, 6.07) is 0. The Morgan fingerprint density at radius 2 is 1.68 bits per heavy atom. The maximum Gasteiger partial charge on any atom is 0.222 e. The Bertz CT molecular complexity index is 304. The third-order valence-corrected chi connectivity index (χ3v) is 4.27. The zero-order valence-electron chi connectivity index (χ0n) is 12.2. The standard InChI is InChI=1S/C16H28N2O/c19-16-11-8-14-18(16)13-7-2-1-6-12-17-15-9-4-3-5-10-15/h1-14H2. The van der Waals surface area contributed by atoms with Crippen LogP contribution in [-0.4, -0.2) is 36.2 Å². The topological polar surface area (TPSA) is 32.7 Å². The molecule has 1 aliphatic carbocycles. The third-order valence-electron chi connectivity index (χ3n) is 4.27. The second kappa shape index (κ2) is 8.34. The van der Waals surface area contributed by atoms with Gasteiger partial charge in [0.15, 0.2) is 0 Å². The molecular formula is C16H28N2O. The van der Waals surface area contributed by atoms with Crippen molar-refractivity contribution in [3.63, 3.8) is 0 Å². The summed E-state index contributed by atoms with van der Waals surface area (Å²) in [4.78, 5) is 18.2. The van der Waals surface area contributed by atoms with Gasteiger partial charge in [-0.15, -0.1) is 0 Å². The average Bonchev–Trinajstić information content (AvgIpc) is 2.84. The lowest BCUT2D eigenvalue weighted by molar-refractivity contribution is -0.127. The van der Waals surface area contributed by atoms with Crippen molar-refractivity contribution in [1.82, 2.24) is 4.90 Å². The molecule has 3 nitrogen and oxygen atoms in total. The normalized spacial score (nSPS) is 20.1. The van der Waals surface area contributed by atoms with E-state index in [-0.39, 0.29) is 0 Å². The smallest absolute Gasteiger partial charge is 0.222 e. The Labute approximate surface area is 117 Å². The fraction of sp³-hybridized carbons (Fsp3) is 0.875. The van der Waals surface area contributed by atoms with Gasteiger partial charge in [-0.05, 0) is 44.9 Å². The van der Waals surface area contributed by atoms with E-state index in [4.69, 9.17) is 4.99 Å². The Balaban J connectivity index is 1.45. The van der Waals surface area contributed by atoms with Crippen LogP contribution in [0, 0.1) is 0 Å². The Hall–Kier alpha value is -0.860. The zero-order chi connectivity index (χ0) is 13.3. The molecule has 1 saturated carbocycles. The van der Waals surface area contributed by atoms with Gasteiger partial charge in [0.1, 0.15) is 0 Å². The molecular weight excluding hydrogens is 236 g/mol. The molecule has 1 aliphatic heterocycles. The number of carbonyl (C=O) groups excluding carboxylic acids is 1. The number of amides is 1. The van der Waals surface area contributed by atoms with Gasteiger partial charge in [0.2, 0.25) is 5.91 Å². The fourth-order valence-corrected chi connectivity index (χ4v) is 3.06. The first kappa shape index (κ1) is 14.5. The second-order valence-corrected chi connectivity index (χ2v) is 5.91. The number of hydrogen-bond acceptors (Lipinski definition) is 2. The molecule has 2 aliphatic rings. The number of hydrogen-bond donors (Lipinski definition) is 0. The Morgan fingerprint density at radius 3 is 2.42 bits per heavy atom. The van der Waals surface area contributed by atoms with Gasteiger partial charge in [-0.2, -0.15) is 0 Å². The predicted molar refractivity (Wildman–Crippen MR) is 79.7 cm³/mol. The molecule has 2 rings (SSSR count). The van der Waals surface area contributed by atoms with Gasteiger partial charge in [0, 0.05) is 31.8 Å². The van der Waals surface area contributed by atoms with Gasteiger partial charge in [-0.25, -0.2) is 0 Å². The minimum Gasteiger partial charge on any atom is -0.343 e. The van der Waals surface area contributed by atoms with Crippen LogP contribution >= 0.6 is 0 Å². The van der Waals surface area contributed by atoms with Gasteiger partial charge in [-0.3, -0.25) is 9.79 Å². The van der Waals surface area contributed by atoms with Crippen molar-refractivity contribution in [2.45, 2.75) is 70.6 Å². The van der Waals surface area contributed by atoms with Crippen molar-refractivity contribution in [1.29, 1.82) is 0 Å². The van der Waals surface area contributed by atoms with E-state index in [1.54, 1.807) is 0 Å². The van der Waals surface area contributed by atoms with E-state index in [1.165, 1.54) is 63.5 Å². The first-order chi connectivity index (χ1) is 9.36. The van der Waals surface area contributed by atoms with Crippen molar-refractivity contribution in [3.05, 3.63) is 0 Å². The molecule has 0 radical (unpaired) electrons. The summed E-state index contributed by atoms with van der Waals surface area (Å²) < 4.78 is 0. The van der Waals surface area contributed by atoms with Crippen LogP contribution in [0.5, 0.6) is 0 Å². The maximum absolute atomic E-state index is 11.4. The number of unbranched alkanes of at least 4 members (excludes halogenated alkanes) is 3. The van der Waals surface area contributed by atoms with Crippen LogP contribution in [0.1, 0.15) is 70.6 Å². The van der Waals surface area contributed by atoms with E-state index < -0.39 is 0 Å². The van der Waals surface area contributed by atoms with E-state index in [0.717, 1.165) is 32.5 Å². The van der Waals surface area contributed by atoms with Gasteiger partial charge in [0.25, 0.3) is 0 Å². The second-order valence-electron chi connectivity index (χ2n) is 5.91. The molecule has 19 heavy (non-hydrogen) atoms. The monoisotopic (exact) mass is 264 g/mol. The van der Waals surface area contributed by atoms with Crippen molar-refractivity contribution in [3.8, 4) is 0 Å². The number of likely N-dealkylation sites (tertiary alicyclic amines) is 1. The molecule has 0 atom stereocenters. The lowest BCUT2D eigenvalue weighted by atomic mass is 9.98. The summed E-state index contributed by atoms with van der Waals surface area (Å²) in [5.41, 5.74) is 1.47. The first-order valence-corrected chi connectivity index (χ1v) is 8.16. The maximum atomic E-state index is 11.4. The van der Waals surface area contributed by atoms with Crippen molar-refractivity contribution in [2.24, 2.45) is 4.99 Å². The summed E-state index contributed by atoms with van der Waals surface area (Å²) in [5.74, 6) is 0.365. The molecule has 2 fully saturated rings. The molecule has 1 amide bonds. The summed E-state index contributed by atoms with van der Waals surface area (Å²) in [6.07, 6.45) is 13.3. The largest absolute Gasteiger partial charge is 0.343 e. The average molecular weight is 264 g/mol. The molecule has 0 bridgehead atoms. The lowest BCUT2D eigenvalue weighted by Crippen LogP contribution is -2.25. The summed E-state index contributed by atoms with van der Waals surface area (Å²) in [6.45, 7) is 3.00. The number of carbonyl (C=O) groups is 1. The molecule has 0 unspecified atom stereocenters. The number of nitrogens with zero attached hydrogens (tertiary/aromatic N) is 2. The number of rotatable bonds is 7. The summed E-state index contributed by atoms with van der Waals surface area (Å²) >= 11 is 0. The van der Waals surface area contributed by atoms with Gasteiger partial charge < -0.3 is 4.90 Å². The SMILES string of the molecule is O=C1CCCN1CCCCCCN=C1CCCCC1. The fourth-order valence-electron chi connectivity index (χ4n) is 3.06. The highest BCUT2D eigenvalue weighted by atomic mass is 16.2. The first-order valence-electron chi connectivity index (χ1n) is 8.16. The Morgan fingerprint density at radius 1 is 0.895 bits per heavy atom. The molecule has 108 valence electrons. The molecule has 1 heterocycles. The molecule has 0 aromatic heterocycles. The van der Waals surface area contributed by atoms with Crippen LogP contribution in [0.3, 0.4) is 0 Å². The molecule has 0 aromatic rings. The van der Waals surface area contributed by atoms with Crippen molar-refractivity contribution < 1.29 is 4.79 Å². The van der Waals surface area contributed by atoms with Gasteiger partial charge in [0.05, 0.1) is 0 Å². The highest BCUT2D eigenvalue weighted by molar-refractivity contribution is 5.84. The van der Waals surface area contributed by atoms with Gasteiger partial charge >= 0.3 is 0 Å². The van der Waals surface area contributed by atoms with Crippen LogP contribution in [0.4, 0.5) is 0 Å². The molecule has 1 saturated heterocycles. The quantitative estimate of drug-likeness (QED) is 0.647. The summed E-state index contributed by atoms with van der Waals surface area (Å²) in [5, 5.41) is 0. The van der Waals surface area contributed by atoms with E-state index in [1.807, 2.05) is 4.90 Å². The van der Waals surface area contributed by atoms with Crippen LogP contribution in [-0.2, 0) is 4.79 Å². The van der Waals surface area contributed by atoms with Crippen LogP contribution in [0.15, 0.2) is 4.99 Å². The molecule has 0 aromatic carbocycles. The number of aliphatic imine (C=N–C) groups is 1. The highest BCUT2D eigenvalue weighted by Gasteiger charge is 2.18. The third kappa shape index (κ3) is 5.33. The van der Waals surface area contributed by atoms with Crippen molar-refractivity contribution >= 4 is 11.6 Å². The summed E-state index contributed by atoms with van der Waals surface area (Å²) in [7, 11) is 0. The van der Waals surface area contributed by atoms with E-state index in [9.17, 15) is 4.79 Å². The zero-order valence-corrected chi connectivity index (χ0v) is 12.2. The van der Waals surface area contributed by atoms with E-state index in [2.05, 4.69) is 0 Å². The van der Waals surface area contributed by atoms with Crippen molar-refractivity contribution in [2.75, 3.05) is 19.6 Å². The Kier molecular flexibility index (Phi) is 6.38. The van der Waals surface area contributed by atoms with Crippen LogP contribution in [0.25, 0.3) is 0 Å². The van der Waals surface area contributed by atoms with Crippen LogP contribution in [0.2, 0.25) is 0 Å². The molecule has 0 spiro atoms. The van der Waals surface area contributed by atoms with E-state index in [0.29, 0.717) is 5.91 Å². The minimum absolute atomic E-state index is 0.365.